The van der Waals surface area contributed by atoms with Gasteiger partial charge in [-0.25, -0.2) is 4.79 Å². The maximum absolute atomic E-state index is 12.6. The highest BCUT2D eigenvalue weighted by molar-refractivity contribution is 6.13. The molecule has 0 aliphatic heterocycles. The summed E-state index contributed by atoms with van der Waals surface area (Å²) >= 11 is 0. The van der Waals surface area contributed by atoms with Crippen LogP contribution in [0.25, 0.3) is 10.4 Å². The fourth-order valence-corrected chi connectivity index (χ4v) is 2.01. The van der Waals surface area contributed by atoms with Crippen molar-refractivity contribution in [3.63, 3.8) is 0 Å². The van der Waals surface area contributed by atoms with Crippen LogP contribution in [0.5, 0.6) is 0 Å². The highest BCUT2D eigenvalue weighted by atomic mass is 16.2. The number of aryl methyl sites for hydroxylation is 1. The zero-order valence-electron chi connectivity index (χ0n) is 11.6. The summed E-state index contributed by atoms with van der Waals surface area (Å²) in [6.45, 7) is 1.26. The summed E-state index contributed by atoms with van der Waals surface area (Å²) in [4.78, 5) is 26.8. The number of aromatic nitrogens is 1. The van der Waals surface area contributed by atoms with Crippen LogP contribution in [0.15, 0.2) is 47.8 Å². The van der Waals surface area contributed by atoms with E-state index in [1.807, 2.05) is 6.07 Å². The van der Waals surface area contributed by atoms with Gasteiger partial charge in [0, 0.05) is 31.8 Å². The average molecular weight is 283 g/mol. The third-order valence-electron chi connectivity index (χ3n) is 2.96. The molecule has 1 amide bonds. The number of rotatable bonds is 4. The van der Waals surface area contributed by atoms with Crippen LogP contribution < -0.4 is 5.01 Å². The van der Waals surface area contributed by atoms with Gasteiger partial charge in [0.25, 0.3) is 0 Å². The molecule has 0 fully saturated rings. The summed E-state index contributed by atoms with van der Waals surface area (Å²) in [5.41, 5.74) is 9.61. The van der Waals surface area contributed by atoms with Crippen molar-refractivity contribution in [2.75, 3.05) is 5.01 Å². The van der Waals surface area contributed by atoms with Crippen molar-refractivity contribution in [3.8, 4) is 0 Å². The molecule has 0 saturated heterocycles. The molecule has 1 aromatic heterocycles. The molecule has 1 aromatic carbocycles. The topological polar surface area (TPSA) is 91.1 Å². The third kappa shape index (κ3) is 2.77. The van der Waals surface area contributed by atoms with Crippen LogP contribution in [0, 0.1) is 0 Å². The fourth-order valence-electron chi connectivity index (χ4n) is 2.01. The molecule has 2 aromatic rings. The molecule has 0 saturated carbocycles. The SMILES string of the molecule is CC(=O)N(N=[N+]=[N-])c1ccn(C)c1C(=O)c1ccccc1. The number of anilines is 1. The van der Waals surface area contributed by atoms with Crippen molar-refractivity contribution >= 4 is 17.4 Å². The summed E-state index contributed by atoms with van der Waals surface area (Å²) < 4.78 is 1.59. The summed E-state index contributed by atoms with van der Waals surface area (Å²) in [5.74, 6) is -0.724. The summed E-state index contributed by atoms with van der Waals surface area (Å²) in [7, 11) is 1.69. The van der Waals surface area contributed by atoms with Crippen molar-refractivity contribution in [2.24, 2.45) is 12.3 Å². The molecule has 0 bridgehead atoms. The zero-order chi connectivity index (χ0) is 15.4. The number of hydrogen-bond donors (Lipinski definition) is 0. The summed E-state index contributed by atoms with van der Waals surface area (Å²) in [6.07, 6.45) is 1.63. The number of hydrogen-bond acceptors (Lipinski definition) is 3. The van der Waals surface area contributed by atoms with E-state index in [4.69, 9.17) is 5.53 Å². The fraction of sp³-hybridized carbons (Fsp3) is 0.143. The standard InChI is InChI=1S/C14H13N5O2/c1-10(20)19(17-16-15)12-8-9-18(2)13(12)14(21)11-6-4-3-5-7-11/h3-9H,1-2H3. The smallest absolute Gasteiger partial charge is 0.314 e. The van der Waals surface area contributed by atoms with E-state index in [2.05, 4.69) is 10.1 Å². The third-order valence-corrected chi connectivity index (χ3v) is 2.96. The van der Waals surface area contributed by atoms with Crippen molar-refractivity contribution < 1.29 is 9.59 Å². The Morgan fingerprint density at radius 2 is 1.90 bits per heavy atom. The monoisotopic (exact) mass is 283 g/mol. The molecule has 0 atom stereocenters. The predicted octanol–water partition coefficient (Wildman–Crippen LogP) is 2.83. The van der Waals surface area contributed by atoms with E-state index in [0.29, 0.717) is 5.56 Å². The molecule has 0 unspecified atom stereocenters. The molecule has 2 rings (SSSR count). The minimum Gasteiger partial charge on any atom is -0.344 e. The Hall–Kier alpha value is -3.05. The Morgan fingerprint density at radius 1 is 1.24 bits per heavy atom. The van der Waals surface area contributed by atoms with E-state index >= 15 is 0 Å². The molecule has 0 aliphatic carbocycles. The lowest BCUT2D eigenvalue weighted by Crippen LogP contribution is -2.23. The number of amides is 1. The maximum atomic E-state index is 12.6. The first-order valence-corrected chi connectivity index (χ1v) is 6.17. The molecule has 106 valence electrons. The van der Waals surface area contributed by atoms with Crippen LogP contribution in [-0.2, 0) is 11.8 Å². The van der Waals surface area contributed by atoms with E-state index in [0.717, 1.165) is 5.01 Å². The number of azide groups is 1. The van der Waals surface area contributed by atoms with Crippen molar-refractivity contribution in [1.29, 1.82) is 0 Å². The van der Waals surface area contributed by atoms with Crippen molar-refractivity contribution in [2.45, 2.75) is 6.92 Å². The Balaban J connectivity index is 2.55. The second-order valence-corrected chi connectivity index (χ2v) is 4.37. The number of carbonyl (C=O) groups excluding carboxylic acids is 2. The van der Waals surface area contributed by atoms with Gasteiger partial charge in [-0.3, -0.25) is 4.79 Å². The van der Waals surface area contributed by atoms with Crippen LogP contribution in [-0.4, -0.2) is 16.3 Å². The van der Waals surface area contributed by atoms with Gasteiger partial charge in [-0.15, -0.1) is 10.5 Å². The summed E-state index contributed by atoms with van der Waals surface area (Å²) in [6, 6.07) is 10.3. The lowest BCUT2D eigenvalue weighted by Gasteiger charge is -2.11. The zero-order valence-corrected chi connectivity index (χ0v) is 11.6. The van der Waals surface area contributed by atoms with Crippen molar-refractivity contribution in [3.05, 3.63) is 64.3 Å². The molecule has 0 N–H and O–H groups in total. The Morgan fingerprint density at radius 3 is 2.48 bits per heavy atom. The maximum Gasteiger partial charge on any atom is 0.314 e. The van der Waals surface area contributed by atoms with E-state index in [1.165, 1.54) is 6.92 Å². The van der Waals surface area contributed by atoms with Crippen LogP contribution in [0.3, 0.4) is 0 Å². The lowest BCUT2D eigenvalue weighted by atomic mass is 10.1. The number of ketones is 1. The Kier molecular flexibility index (Phi) is 4.06. The van der Waals surface area contributed by atoms with Crippen LogP contribution in [0.4, 0.5) is 5.69 Å². The second-order valence-electron chi connectivity index (χ2n) is 4.37. The average Bonchev–Trinajstić information content (AvgIpc) is 2.86. The molecule has 0 spiro atoms. The number of benzene rings is 1. The largest absolute Gasteiger partial charge is 0.344 e. The quantitative estimate of drug-likeness (QED) is 0.284. The first-order valence-electron chi connectivity index (χ1n) is 6.17. The second kappa shape index (κ2) is 5.94. The molecule has 7 heteroatoms. The van der Waals surface area contributed by atoms with E-state index < -0.39 is 5.91 Å². The van der Waals surface area contributed by atoms with E-state index in [1.54, 1.807) is 48.1 Å². The molecule has 7 nitrogen and oxygen atoms in total. The van der Waals surface area contributed by atoms with Gasteiger partial charge >= 0.3 is 5.91 Å². The van der Waals surface area contributed by atoms with Gasteiger partial charge in [-0.05, 0) is 5.22 Å². The minimum atomic E-state index is -0.471. The van der Waals surface area contributed by atoms with Gasteiger partial charge < -0.3 is 4.57 Å². The number of carbonyl (C=O) groups is 2. The van der Waals surface area contributed by atoms with Gasteiger partial charge in [0.05, 0.1) is 0 Å². The normalized spacial score (nSPS) is 9.81. The molecular formula is C14H13N5O2. The van der Waals surface area contributed by atoms with Gasteiger partial charge in [0.1, 0.15) is 5.69 Å². The van der Waals surface area contributed by atoms with E-state index in [-0.39, 0.29) is 17.2 Å². The molecule has 1 heterocycles. The van der Waals surface area contributed by atoms with Crippen LogP contribution in [0.1, 0.15) is 23.0 Å². The minimum absolute atomic E-state index is 0.252. The van der Waals surface area contributed by atoms with Gasteiger partial charge in [0.15, 0.2) is 5.69 Å². The molecule has 0 radical (unpaired) electrons. The van der Waals surface area contributed by atoms with Crippen LogP contribution in [0.2, 0.25) is 0 Å². The summed E-state index contributed by atoms with van der Waals surface area (Å²) in [5, 5.41) is 4.21. The predicted molar refractivity (Wildman–Crippen MR) is 77.6 cm³/mol. The first kappa shape index (κ1) is 14.4. The Labute approximate surface area is 121 Å². The van der Waals surface area contributed by atoms with Crippen molar-refractivity contribution in [1.82, 2.24) is 4.57 Å². The van der Waals surface area contributed by atoms with E-state index in [9.17, 15) is 9.59 Å². The van der Waals surface area contributed by atoms with Gasteiger partial charge in [-0.1, -0.05) is 30.3 Å². The highest BCUT2D eigenvalue weighted by Crippen LogP contribution is 2.25. The van der Waals surface area contributed by atoms with Gasteiger partial charge in [-0.2, -0.15) is 4.91 Å². The molecular weight excluding hydrogens is 270 g/mol. The van der Waals surface area contributed by atoms with Gasteiger partial charge in [0.2, 0.25) is 5.78 Å². The number of nitrogens with zero attached hydrogens (tertiary/aromatic N) is 5. The first-order chi connectivity index (χ1) is 10.1. The van der Waals surface area contributed by atoms with Crippen LogP contribution >= 0.6 is 0 Å². The lowest BCUT2D eigenvalue weighted by molar-refractivity contribution is -0.116. The molecule has 21 heavy (non-hydrogen) atoms. The Bertz CT molecular complexity index is 727. The highest BCUT2D eigenvalue weighted by Gasteiger charge is 2.26. The molecule has 0 aliphatic rings.